The summed E-state index contributed by atoms with van der Waals surface area (Å²) >= 11 is 0. The van der Waals surface area contributed by atoms with E-state index in [0.29, 0.717) is 0 Å². The summed E-state index contributed by atoms with van der Waals surface area (Å²) in [6.07, 6.45) is 1.45. The molecule has 2 N–H and O–H groups in total. The third-order valence-electron chi connectivity index (χ3n) is 2.93. The van der Waals surface area contributed by atoms with Crippen molar-refractivity contribution in [3.8, 4) is 0 Å². The predicted octanol–water partition coefficient (Wildman–Crippen LogP) is -0.309. The number of H-pyrrole nitrogens is 1. The molecule has 1 aromatic rings. The maximum atomic E-state index is 12.0. The van der Waals surface area contributed by atoms with Crippen LogP contribution in [-0.2, 0) is 9.53 Å². The minimum absolute atomic E-state index is 0.0720. The van der Waals surface area contributed by atoms with Crippen LogP contribution in [0.1, 0.15) is 17.3 Å². The molecule has 0 spiro atoms. The van der Waals surface area contributed by atoms with Gasteiger partial charge in [-0.2, -0.15) is 0 Å². The van der Waals surface area contributed by atoms with E-state index in [0.717, 1.165) is 0 Å². The number of amides is 1. The highest BCUT2D eigenvalue weighted by Gasteiger charge is 2.43. The van der Waals surface area contributed by atoms with Crippen LogP contribution >= 0.6 is 0 Å². The number of pyridine rings is 1. The monoisotopic (exact) mass is 266 g/mol. The largest absolute Gasteiger partial charge is 0.480 e. The van der Waals surface area contributed by atoms with Gasteiger partial charge in [-0.05, 0) is 19.1 Å². The van der Waals surface area contributed by atoms with Crippen LogP contribution in [0, 0.1) is 0 Å². The standard InChI is InChI=1S/C12H14N2O5/c1-12(19-5-9(15)16)6-14(7-12)11(18)8-3-2-4-13-10(8)17/h2-4H,5-7H2,1H3,(H,13,17)(H,15,16). The van der Waals surface area contributed by atoms with E-state index in [2.05, 4.69) is 4.98 Å². The fourth-order valence-electron chi connectivity index (χ4n) is 1.99. The van der Waals surface area contributed by atoms with Crippen LogP contribution in [0.15, 0.2) is 23.1 Å². The third-order valence-corrected chi connectivity index (χ3v) is 2.93. The molecule has 0 bridgehead atoms. The second-order valence-electron chi connectivity index (χ2n) is 4.71. The Kier molecular flexibility index (Phi) is 3.39. The van der Waals surface area contributed by atoms with E-state index < -0.39 is 23.7 Å². The van der Waals surface area contributed by atoms with E-state index in [-0.39, 0.29) is 24.6 Å². The van der Waals surface area contributed by atoms with Crippen molar-refractivity contribution in [3.05, 3.63) is 34.2 Å². The molecule has 1 saturated heterocycles. The van der Waals surface area contributed by atoms with E-state index in [4.69, 9.17) is 9.84 Å². The Balaban J connectivity index is 1.97. The fraction of sp³-hybridized carbons (Fsp3) is 0.417. The highest BCUT2D eigenvalue weighted by molar-refractivity contribution is 5.94. The van der Waals surface area contributed by atoms with Gasteiger partial charge in [-0.1, -0.05) is 0 Å². The second-order valence-corrected chi connectivity index (χ2v) is 4.71. The first-order chi connectivity index (χ1) is 8.91. The van der Waals surface area contributed by atoms with Gasteiger partial charge in [0.25, 0.3) is 11.5 Å². The molecule has 1 amide bonds. The number of carboxylic acids is 1. The van der Waals surface area contributed by atoms with Crippen molar-refractivity contribution in [1.29, 1.82) is 0 Å². The summed E-state index contributed by atoms with van der Waals surface area (Å²) in [5.74, 6) is -1.43. The Labute approximate surface area is 108 Å². The molecule has 0 aliphatic carbocycles. The maximum absolute atomic E-state index is 12.0. The summed E-state index contributed by atoms with van der Waals surface area (Å²) in [5, 5.41) is 8.53. The topological polar surface area (TPSA) is 99.7 Å². The number of nitrogens with zero attached hydrogens (tertiary/aromatic N) is 1. The Morgan fingerprint density at radius 3 is 2.79 bits per heavy atom. The number of carboxylic acid groups (broad SMARTS) is 1. The number of aliphatic carboxylic acids is 1. The van der Waals surface area contributed by atoms with E-state index in [9.17, 15) is 14.4 Å². The lowest BCUT2D eigenvalue weighted by molar-refractivity contribution is -0.159. The van der Waals surface area contributed by atoms with E-state index in [1.807, 2.05) is 0 Å². The van der Waals surface area contributed by atoms with E-state index >= 15 is 0 Å². The lowest BCUT2D eigenvalue weighted by Gasteiger charge is -2.47. The van der Waals surface area contributed by atoms with Crippen LogP contribution in [0.25, 0.3) is 0 Å². The molecule has 0 saturated carbocycles. The van der Waals surface area contributed by atoms with Gasteiger partial charge in [0, 0.05) is 6.20 Å². The third kappa shape index (κ3) is 2.82. The van der Waals surface area contributed by atoms with Crippen LogP contribution in [0.3, 0.4) is 0 Å². The summed E-state index contributed by atoms with van der Waals surface area (Å²) in [5.41, 5.74) is -1.02. The van der Waals surface area contributed by atoms with Gasteiger partial charge in [0.2, 0.25) is 0 Å². The number of hydrogen-bond donors (Lipinski definition) is 2. The van der Waals surface area contributed by atoms with Gasteiger partial charge in [-0.3, -0.25) is 9.59 Å². The number of rotatable bonds is 4. The molecule has 0 radical (unpaired) electrons. The van der Waals surface area contributed by atoms with E-state index in [1.54, 1.807) is 13.0 Å². The fourth-order valence-corrected chi connectivity index (χ4v) is 1.99. The number of likely N-dealkylation sites (tertiary alicyclic amines) is 1. The van der Waals surface area contributed by atoms with Crippen LogP contribution in [0.4, 0.5) is 0 Å². The summed E-state index contributed by atoms with van der Waals surface area (Å²) in [6.45, 7) is 1.88. The first-order valence-corrected chi connectivity index (χ1v) is 5.74. The van der Waals surface area contributed by atoms with Gasteiger partial charge in [0.05, 0.1) is 13.1 Å². The average molecular weight is 266 g/mol. The van der Waals surface area contributed by atoms with Crippen molar-refractivity contribution in [2.45, 2.75) is 12.5 Å². The highest BCUT2D eigenvalue weighted by atomic mass is 16.5. The van der Waals surface area contributed by atoms with Crippen LogP contribution in [0.2, 0.25) is 0 Å². The molecule has 1 aromatic heterocycles. The molecule has 2 rings (SSSR count). The summed E-state index contributed by atoms with van der Waals surface area (Å²) in [4.78, 5) is 37.8. The quantitative estimate of drug-likeness (QED) is 0.778. The number of ether oxygens (including phenoxy) is 1. The van der Waals surface area contributed by atoms with Crippen molar-refractivity contribution in [1.82, 2.24) is 9.88 Å². The number of carbonyl (C=O) groups excluding carboxylic acids is 1. The lowest BCUT2D eigenvalue weighted by Crippen LogP contribution is -2.63. The van der Waals surface area contributed by atoms with Gasteiger partial charge in [0.1, 0.15) is 17.8 Å². The molecule has 1 fully saturated rings. The smallest absolute Gasteiger partial charge is 0.329 e. The normalized spacial score (nSPS) is 16.8. The van der Waals surface area contributed by atoms with Crippen molar-refractivity contribution in [2.75, 3.05) is 19.7 Å². The number of nitrogens with one attached hydrogen (secondary N) is 1. The van der Waals surface area contributed by atoms with Gasteiger partial charge < -0.3 is 19.7 Å². The summed E-state index contributed by atoms with van der Waals surface area (Å²) in [6, 6.07) is 3.03. The predicted molar refractivity (Wildman–Crippen MR) is 65.0 cm³/mol. The Bertz CT molecular complexity index is 559. The SMILES string of the molecule is CC1(OCC(=O)O)CN(C(=O)c2ccc[nH]c2=O)C1. The van der Waals surface area contributed by atoms with Crippen LogP contribution in [-0.4, -0.2) is 52.2 Å². The molecule has 19 heavy (non-hydrogen) atoms. The maximum Gasteiger partial charge on any atom is 0.329 e. The van der Waals surface area contributed by atoms with Gasteiger partial charge in [-0.15, -0.1) is 0 Å². The zero-order valence-electron chi connectivity index (χ0n) is 10.4. The Morgan fingerprint density at radius 1 is 1.53 bits per heavy atom. The zero-order chi connectivity index (χ0) is 14.0. The molecule has 1 aliphatic rings. The first-order valence-electron chi connectivity index (χ1n) is 5.74. The molecular weight excluding hydrogens is 252 g/mol. The molecule has 7 nitrogen and oxygen atoms in total. The number of carbonyl (C=O) groups is 2. The summed E-state index contributed by atoms with van der Waals surface area (Å²) < 4.78 is 5.19. The molecular formula is C12H14N2O5. The van der Waals surface area contributed by atoms with Crippen molar-refractivity contribution in [3.63, 3.8) is 0 Å². The van der Waals surface area contributed by atoms with Crippen LogP contribution < -0.4 is 5.56 Å². The number of aromatic amines is 1. The molecule has 0 atom stereocenters. The highest BCUT2D eigenvalue weighted by Crippen LogP contribution is 2.25. The Morgan fingerprint density at radius 2 is 2.21 bits per heavy atom. The minimum Gasteiger partial charge on any atom is -0.480 e. The number of aromatic nitrogens is 1. The Hall–Kier alpha value is -2.15. The van der Waals surface area contributed by atoms with Gasteiger partial charge in [-0.25, -0.2) is 4.79 Å². The van der Waals surface area contributed by atoms with E-state index in [1.165, 1.54) is 17.2 Å². The second kappa shape index (κ2) is 4.85. The van der Waals surface area contributed by atoms with Crippen molar-refractivity contribution < 1.29 is 19.4 Å². The molecule has 7 heteroatoms. The molecule has 0 unspecified atom stereocenters. The van der Waals surface area contributed by atoms with Crippen LogP contribution in [0.5, 0.6) is 0 Å². The first kappa shape index (κ1) is 13.3. The molecule has 0 aromatic carbocycles. The zero-order valence-corrected chi connectivity index (χ0v) is 10.4. The molecule has 102 valence electrons. The average Bonchev–Trinajstić information content (AvgIpc) is 2.33. The summed E-state index contributed by atoms with van der Waals surface area (Å²) in [7, 11) is 0. The minimum atomic E-state index is -1.05. The molecule has 2 heterocycles. The van der Waals surface area contributed by atoms with Crippen molar-refractivity contribution in [2.24, 2.45) is 0 Å². The lowest BCUT2D eigenvalue weighted by atomic mass is 9.95. The van der Waals surface area contributed by atoms with Gasteiger partial charge >= 0.3 is 5.97 Å². The van der Waals surface area contributed by atoms with Gasteiger partial charge in [0.15, 0.2) is 0 Å². The number of hydrogen-bond acceptors (Lipinski definition) is 4. The molecule has 1 aliphatic heterocycles. The van der Waals surface area contributed by atoms with Crippen molar-refractivity contribution >= 4 is 11.9 Å².